The number of hydrogen-bond acceptors (Lipinski definition) is 8. The van der Waals surface area contributed by atoms with Gasteiger partial charge in [-0.05, 0) is 62.2 Å². The van der Waals surface area contributed by atoms with E-state index in [4.69, 9.17) is 18.6 Å². The molecule has 0 aliphatic rings. The van der Waals surface area contributed by atoms with Crippen molar-refractivity contribution in [3.63, 3.8) is 0 Å². The molecule has 11 heteroatoms. The first-order chi connectivity index (χ1) is 19.2. The van der Waals surface area contributed by atoms with E-state index in [1.165, 1.54) is 37.2 Å². The van der Waals surface area contributed by atoms with Crippen LogP contribution in [-0.4, -0.2) is 58.6 Å². The molecule has 4 aromatic rings. The maximum Gasteiger partial charge on any atom is 0.247 e. The number of aromatic nitrogens is 3. The number of nitrogens with zero attached hydrogens (tertiary/aromatic N) is 4. The Labute approximate surface area is 233 Å². The first kappa shape index (κ1) is 28.5. The number of rotatable bonds is 12. The van der Waals surface area contributed by atoms with Crippen molar-refractivity contribution >= 4 is 22.8 Å². The summed E-state index contributed by atoms with van der Waals surface area (Å²) in [6.07, 6.45) is 2.20. The lowest BCUT2D eigenvalue weighted by Crippen LogP contribution is -2.50. The molecule has 2 amide bonds. The average Bonchev–Trinajstić information content (AvgIpc) is 3.62. The summed E-state index contributed by atoms with van der Waals surface area (Å²) in [6, 6.07) is 13.1. The van der Waals surface area contributed by atoms with Crippen molar-refractivity contribution in [1.29, 1.82) is 0 Å². The second kappa shape index (κ2) is 12.1. The largest absolute Gasteiger partial charge is 0.493 e. The number of hydrogen-bond donors (Lipinski definition) is 1. The lowest BCUT2D eigenvalue weighted by molar-refractivity contribution is -0.143. The van der Waals surface area contributed by atoms with Crippen LogP contribution < -0.4 is 19.5 Å². The lowest BCUT2D eigenvalue weighted by Gasteiger charge is -2.34. The molecular weight excluding hydrogens is 514 g/mol. The van der Waals surface area contributed by atoms with Gasteiger partial charge < -0.3 is 28.8 Å². The molecule has 1 N–H and O–H groups in total. The fourth-order valence-electron chi connectivity index (χ4n) is 4.37. The summed E-state index contributed by atoms with van der Waals surface area (Å²) in [4.78, 5) is 29.6. The maximum absolute atomic E-state index is 14.1. The van der Waals surface area contributed by atoms with Gasteiger partial charge in [0.05, 0.1) is 39.7 Å². The molecule has 1 unspecified atom stereocenters. The number of amides is 2. The Morgan fingerprint density at radius 3 is 2.35 bits per heavy atom. The van der Waals surface area contributed by atoms with E-state index in [-0.39, 0.29) is 24.9 Å². The first-order valence-corrected chi connectivity index (χ1v) is 12.9. The molecule has 0 saturated heterocycles. The molecule has 0 aliphatic heterocycles. The third-order valence-corrected chi connectivity index (χ3v) is 6.84. The van der Waals surface area contributed by atoms with Crippen LogP contribution in [0, 0.1) is 0 Å². The van der Waals surface area contributed by atoms with Crippen LogP contribution in [0.3, 0.4) is 0 Å². The molecule has 0 saturated carbocycles. The molecule has 0 radical (unpaired) electrons. The van der Waals surface area contributed by atoms with Crippen LogP contribution in [0.15, 0.2) is 59.2 Å². The molecule has 2 heterocycles. The van der Waals surface area contributed by atoms with Crippen LogP contribution in [-0.2, 0) is 22.7 Å². The van der Waals surface area contributed by atoms with Gasteiger partial charge in [0.25, 0.3) is 0 Å². The first-order valence-electron chi connectivity index (χ1n) is 12.9. The predicted molar refractivity (Wildman–Crippen MR) is 148 cm³/mol. The highest BCUT2D eigenvalue weighted by Gasteiger charge is 2.36. The number of methoxy groups -OCH3 is 3. The van der Waals surface area contributed by atoms with Gasteiger partial charge in [0.15, 0.2) is 11.5 Å². The minimum absolute atomic E-state index is 0.0275. The van der Waals surface area contributed by atoms with Crippen LogP contribution in [0.25, 0.3) is 11.0 Å². The zero-order valence-electron chi connectivity index (χ0n) is 23.6. The van der Waals surface area contributed by atoms with Crippen molar-refractivity contribution < 1.29 is 28.2 Å². The third-order valence-electron chi connectivity index (χ3n) is 6.84. The molecule has 40 heavy (non-hydrogen) atoms. The van der Waals surface area contributed by atoms with Gasteiger partial charge in [-0.3, -0.25) is 9.59 Å². The maximum atomic E-state index is 14.1. The van der Waals surface area contributed by atoms with Crippen LogP contribution in [0.1, 0.15) is 44.6 Å². The summed E-state index contributed by atoms with van der Waals surface area (Å²) in [5.41, 5.74) is 1.31. The number of carbonyl (C=O) groups excluding carboxylic acids is 2. The van der Waals surface area contributed by atoms with Crippen LogP contribution in [0.4, 0.5) is 0 Å². The van der Waals surface area contributed by atoms with Crippen molar-refractivity contribution in [3.8, 4) is 17.2 Å². The van der Waals surface area contributed by atoms with Crippen molar-refractivity contribution in [3.05, 3.63) is 66.1 Å². The Hall–Kier alpha value is -4.54. The summed E-state index contributed by atoms with van der Waals surface area (Å²) in [6.45, 7) is 5.72. The van der Waals surface area contributed by atoms with Crippen LogP contribution in [0.2, 0.25) is 0 Å². The van der Waals surface area contributed by atoms with E-state index in [0.29, 0.717) is 46.0 Å². The van der Waals surface area contributed by atoms with Crippen molar-refractivity contribution in [1.82, 2.24) is 25.2 Å². The normalized spacial score (nSPS) is 12.2. The zero-order valence-corrected chi connectivity index (χ0v) is 23.6. The Kier molecular flexibility index (Phi) is 8.61. The van der Waals surface area contributed by atoms with Crippen molar-refractivity contribution in [2.45, 2.75) is 51.9 Å². The summed E-state index contributed by atoms with van der Waals surface area (Å²) >= 11 is 0. The summed E-state index contributed by atoms with van der Waals surface area (Å²) in [7, 11) is 4.50. The number of para-hydroxylation sites is 1. The van der Waals surface area contributed by atoms with Gasteiger partial charge in [0, 0.05) is 5.54 Å². The summed E-state index contributed by atoms with van der Waals surface area (Å²) in [5.74, 6) is 0.866. The lowest BCUT2D eigenvalue weighted by atomic mass is 9.98. The number of carbonyl (C=O) groups is 2. The Bertz CT molecular complexity index is 1440. The molecule has 2 aromatic heterocycles. The zero-order chi connectivity index (χ0) is 28.9. The highest BCUT2D eigenvalue weighted by molar-refractivity contribution is 5.90. The molecule has 1 atom stereocenters. The molecule has 11 nitrogen and oxygen atoms in total. The van der Waals surface area contributed by atoms with Crippen molar-refractivity contribution in [2.75, 3.05) is 21.3 Å². The molecule has 212 valence electrons. The Morgan fingerprint density at radius 2 is 1.75 bits per heavy atom. The smallest absolute Gasteiger partial charge is 0.247 e. The van der Waals surface area contributed by atoms with E-state index in [1.807, 2.05) is 45.0 Å². The van der Waals surface area contributed by atoms with Gasteiger partial charge in [-0.15, -0.1) is 5.10 Å². The Balaban J connectivity index is 1.84. The second-order valence-corrected chi connectivity index (χ2v) is 9.92. The van der Waals surface area contributed by atoms with Crippen LogP contribution >= 0.6 is 0 Å². The second-order valence-electron chi connectivity index (χ2n) is 9.92. The van der Waals surface area contributed by atoms with Gasteiger partial charge in [0.2, 0.25) is 17.6 Å². The van der Waals surface area contributed by atoms with Gasteiger partial charge >= 0.3 is 0 Å². The molecule has 0 bridgehead atoms. The third kappa shape index (κ3) is 6.03. The topological polar surface area (TPSA) is 121 Å². The standard InChI is InChI=1S/C29H35N5O6/c1-7-29(2,3)30-28(36)26(19-15-23(37-4)27(39-6)24(16-19)38-5)33(17-20-11-10-14-40-20)25(35)18-34-22-13-9-8-12-21(22)31-32-34/h8-16,26H,7,17-18H2,1-6H3,(H,30,36). The van der Waals surface area contributed by atoms with E-state index in [9.17, 15) is 9.59 Å². The molecule has 0 aliphatic carbocycles. The number of furan rings is 1. The van der Waals surface area contributed by atoms with Crippen LogP contribution in [0.5, 0.6) is 17.2 Å². The quantitative estimate of drug-likeness (QED) is 0.280. The number of fused-ring (bicyclic) bond motifs is 1. The van der Waals surface area contributed by atoms with Gasteiger partial charge in [0.1, 0.15) is 23.9 Å². The summed E-state index contributed by atoms with van der Waals surface area (Å²) in [5, 5.41) is 11.4. The molecule has 0 fully saturated rings. The SMILES string of the molecule is CCC(C)(C)NC(=O)C(c1cc(OC)c(OC)c(OC)c1)N(Cc1ccco1)C(=O)Cn1nnc2ccccc21. The number of ether oxygens (including phenoxy) is 3. The van der Waals surface area contributed by atoms with E-state index in [1.54, 1.807) is 24.3 Å². The van der Waals surface area contributed by atoms with E-state index < -0.39 is 11.6 Å². The molecule has 2 aromatic carbocycles. The predicted octanol–water partition coefficient (Wildman–Crippen LogP) is 4.13. The minimum Gasteiger partial charge on any atom is -0.493 e. The fourth-order valence-corrected chi connectivity index (χ4v) is 4.37. The molecule has 4 rings (SSSR count). The molecule has 0 spiro atoms. The summed E-state index contributed by atoms with van der Waals surface area (Å²) < 4.78 is 23.8. The van der Waals surface area contributed by atoms with E-state index >= 15 is 0 Å². The highest BCUT2D eigenvalue weighted by atomic mass is 16.5. The Morgan fingerprint density at radius 1 is 1.05 bits per heavy atom. The monoisotopic (exact) mass is 549 g/mol. The number of benzene rings is 2. The average molecular weight is 550 g/mol. The van der Waals surface area contributed by atoms with E-state index in [0.717, 1.165) is 0 Å². The highest BCUT2D eigenvalue weighted by Crippen LogP contribution is 2.41. The van der Waals surface area contributed by atoms with Crippen molar-refractivity contribution in [2.24, 2.45) is 0 Å². The van der Waals surface area contributed by atoms with E-state index in [2.05, 4.69) is 15.6 Å². The van der Waals surface area contributed by atoms with Gasteiger partial charge in [-0.25, -0.2) is 4.68 Å². The number of nitrogens with one attached hydrogen (secondary N) is 1. The van der Waals surface area contributed by atoms with Gasteiger partial charge in [-0.1, -0.05) is 24.3 Å². The molecular formula is C29H35N5O6. The van der Waals surface area contributed by atoms with Gasteiger partial charge in [-0.2, -0.15) is 0 Å². The fraction of sp³-hybridized carbons (Fsp3) is 0.379. The minimum atomic E-state index is -1.08.